The molecule has 0 bridgehead atoms. The first-order valence-electron chi connectivity index (χ1n) is 8.97. The molecule has 1 aliphatic rings. The minimum Gasteiger partial charge on any atom is -0.486 e. The molecular weight excluding hydrogens is 374 g/mol. The van der Waals surface area contributed by atoms with Crippen molar-refractivity contribution in [2.75, 3.05) is 13.1 Å². The Bertz CT molecular complexity index is 1120. The SMILES string of the molecule is O=C(c1ccco1)N1CC(Oc2ccccc2-c2nc(-c3cnccn3)no2)C1. The fraction of sp³-hybridized carbons (Fsp3) is 0.150. The van der Waals surface area contributed by atoms with Crippen molar-refractivity contribution in [1.29, 1.82) is 0 Å². The lowest BCUT2D eigenvalue weighted by Gasteiger charge is -2.38. The summed E-state index contributed by atoms with van der Waals surface area (Å²) in [4.78, 5) is 26.5. The summed E-state index contributed by atoms with van der Waals surface area (Å²) in [5, 5.41) is 3.97. The average molecular weight is 389 g/mol. The third-order valence-electron chi connectivity index (χ3n) is 4.50. The largest absolute Gasteiger partial charge is 0.486 e. The van der Waals surface area contributed by atoms with Crippen molar-refractivity contribution in [2.24, 2.45) is 0 Å². The molecule has 4 aromatic rings. The van der Waals surface area contributed by atoms with E-state index in [1.54, 1.807) is 35.6 Å². The van der Waals surface area contributed by atoms with Gasteiger partial charge in [0.25, 0.3) is 11.8 Å². The van der Waals surface area contributed by atoms with Gasteiger partial charge in [0.2, 0.25) is 5.82 Å². The number of likely N-dealkylation sites (tertiary alicyclic amines) is 1. The standard InChI is InChI=1S/C20H15N5O4/c26-20(17-6-3-9-27-17)25-11-13(12-25)28-16-5-2-1-4-14(16)19-23-18(24-29-19)15-10-21-7-8-22-15/h1-10,13H,11-12H2. The van der Waals surface area contributed by atoms with Crippen molar-refractivity contribution in [3.8, 4) is 28.7 Å². The third-order valence-corrected chi connectivity index (χ3v) is 4.50. The van der Waals surface area contributed by atoms with Gasteiger partial charge in [-0.2, -0.15) is 4.98 Å². The number of benzene rings is 1. The Morgan fingerprint density at radius 2 is 2.03 bits per heavy atom. The second kappa shape index (κ2) is 7.19. The third kappa shape index (κ3) is 3.33. The molecule has 0 saturated carbocycles. The predicted octanol–water partition coefficient (Wildman–Crippen LogP) is 2.69. The molecule has 3 aromatic heterocycles. The molecule has 1 saturated heterocycles. The second-order valence-electron chi connectivity index (χ2n) is 6.44. The lowest BCUT2D eigenvalue weighted by molar-refractivity contribution is 0.0157. The zero-order chi connectivity index (χ0) is 19.6. The molecule has 9 heteroatoms. The van der Waals surface area contributed by atoms with Gasteiger partial charge in [-0.25, -0.2) is 4.98 Å². The van der Waals surface area contributed by atoms with Gasteiger partial charge in [-0.1, -0.05) is 17.3 Å². The highest BCUT2D eigenvalue weighted by molar-refractivity contribution is 5.92. The number of amides is 1. The highest BCUT2D eigenvalue weighted by Crippen LogP contribution is 2.31. The van der Waals surface area contributed by atoms with Crippen LogP contribution in [0.15, 0.2) is 70.2 Å². The highest BCUT2D eigenvalue weighted by Gasteiger charge is 2.34. The molecule has 4 heterocycles. The van der Waals surface area contributed by atoms with Crippen molar-refractivity contribution in [3.63, 3.8) is 0 Å². The van der Waals surface area contributed by atoms with E-state index in [0.29, 0.717) is 47.6 Å². The Hall–Kier alpha value is -4.01. The van der Waals surface area contributed by atoms with E-state index in [-0.39, 0.29) is 12.0 Å². The zero-order valence-electron chi connectivity index (χ0n) is 15.1. The first kappa shape index (κ1) is 17.1. The summed E-state index contributed by atoms with van der Waals surface area (Å²) in [5.41, 5.74) is 1.19. The monoisotopic (exact) mass is 389 g/mol. The van der Waals surface area contributed by atoms with Gasteiger partial charge < -0.3 is 18.6 Å². The maximum atomic E-state index is 12.2. The normalized spacial score (nSPS) is 13.9. The van der Waals surface area contributed by atoms with Gasteiger partial charge in [0.1, 0.15) is 17.5 Å². The number of hydrogen-bond donors (Lipinski definition) is 0. The van der Waals surface area contributed by atoms with Crippen molar-refractivity contribution in [3.05, 3.63) is 67.0 Å². The molecule has 0 atom stereocenters. The molecule has 0 unspecified atom stereocenters. The average Bonchev–Trinajstić information content (AvgIpc) is 3.43. The Balaban J connectivity index is 1.30. The number of para-hydroxylation sites is 1. The molecule has 1 aliphatic heterocycles. The van der Waals surface area contributed by atoms with E-state index in [0.717, 1.165) is 0 Å². The van der Waals surface area contributed by atoms with E-state index in [4.69, 9.17) is 13.7 Å². The summed E-state index contributed by atoms with van der Waals surface area (Å²) in [6, 6.07) is 10.7. The number of hydrogen-bond acceptors (Lipinski definition) is 8. The minimum atomic E-state index is -0.145. The molecule has 29 heavy (non-hydrogen) atoms. The van der Waals surface area contributed by atoms with Crippen molar-refractivity contribution in [2.45, 2.75) is 6.10 Å². The Labute approximate surface area is 165 Å². The molecular formula is C20H15N5O4. The van der Waals surface area contributed by atoms with E-state index < -0.39 is 0 Å². The minimum absolute atomic E-state index is 0.127. The van der Waals surface area contributed by atoms with Crippen LogP contribution in [-0.4, -0.2) is 50.1 Å². The molecule has 1 fully saturated rings. The zero-order valence-corrected chi connectivity index (χ0v) is 15.1. The maximum absolute atomic E-state index is 12.2. The molecule has 0 N–H and O–H groups in total. The molecule has 0 spiro atoms. The van der Waals surface area contributed by atoms with Crippen LogP contribution >= 0.6 is 0 Å². The first-order chi connectivity index (χ1) is 14.3. The number of carbonyl (C=O) groups is 1. The van der Waals surface area contributed by atoms with Crippen LogP contribution in [0.5, 0.6) is 5.75 Å². The van der Waals surface area contributed by atoms with E-state index in [1.165, 1.54) is 6.26 Å². The van der Waals surface area contributed by atoms with Crippen LogP contribution in [0.4, 0.5) is 0 Å². The molecule has 1 aromatic carbocycles. The van der Waals surface area contributed by atoms with Crippen molar-refractivity contribution < 1.29 is 18.5 Å². The summed E-state index contributed by atoms with van der Waals surface area (Å²) < 4.78 is 16.6. The van der Waals surface area contributed by atoms with Gasteiger partial charge in [0.05, 0.1) is 31.1 Å². The fourth-order valence-corrected chi connectivity index (χ4v) is 3.01. The van der Waals surface area contributed by atoms with E-state index >= 15 is 0 Å². The molecule has 0 radical (unpaired) electrons. The Kier molecular flexibility index (Phi) is 4.24. The Morgan fingerprint density at radius 3 is 2.83 bits per heavy atom. The van der Waals surface area contributed by atoms with Gasteiger partial charge in [0, 0.05) is 12.4 Å². The quantitative estimate of drug-likeness (QED) is 0.513. The lowest BCUT2D eigenvalue weighted by atomic mass is 10.1. The number of nitrogens with zero attached hydrogens (tertiary/aromatic N) is 5. The second-order valence-corrected chi connectivity index (χ2v) is 6.44. The number of furan rings is 1. The van der Waals surface area contributed by atoms with Crippen molar-refractivity contribution in [1.82, 2.24) is 25.0 Å². The van der Waals surface area contributed by atoms with Crippen LogP contribution in [0.25, 0.3) is 23.0 Å². The molecule has 5 rings (SSSR count). The summed E-state index contributed by atoms with van der Waals surface area (Å²) in [5.74, 6) is 1.46. The number of rotatable bonds is 5. The molecule has 144 valence electrons. The first-order valence-corrected chi connectivity index (χ1v) is 8.97. The van der Waals surface area contributed by atoms with Gasteiger partial charge in [-0.3, -0.25) is 9.78 Å². The van der Waals surface area contributed by atoms with Gasteiger partial charge in [-0.05, 0) is 24.3 Å². The number of ether oxygens (including phenoxy) is 1. The van der Waals surface area contributed by atoms with Gasteiger partial charge in [0.15, 0.2) is 5.76 Å². The van der Waals surface area contributed by atoms with Crippen LogP contribution < -0.4 is 4.74 Å². The number of aromatic nitrogens is 4. The van der Waals surface area contributed by atoms with E-state index in [1.807, 2.05) is 24.3 Å². The van der Waals surface area contributed by atoms with Gasteiger partial charge >= 0.3 is 0 Å². The predicted molar refractivity (Wildman–Crippen MR) is 99.8 cm³/mol. The summed E-state index contributed by atoms with van der Waals surface area (Å²) in [7, 11) is 0. The fourth-order valence-electron chi connectivity index (χ4n) is 3.01. The van der Waals surface area contributed by atoms with E-state index in [9.17, 15) is 4.79 Å². The summed E-state index contributed by atoms with van der Waals surface area (Å²) >= 11 is 0. The van der Waals surface area contributed by atoms with Crippen LogP contribution in [-0.2, 0) is 0 Å². The highest BCUT2D eigenvalue weighted by atomic mass is 16.5. The van der Waals surface area contributed by atoms with Crippen LogP contribution in [0.1, 0.15) is 10.6 Å². The summed E-state index contributed by atoms with van der Waals surface area (Å²) in [6.07, 6.45) is 6.06. The molecule has 9 nitrogen and oxygen atoms in total. The topological polar surface area (TPSA) is 107 Å². The van der Waals surface area contributed by atoms with Crippen molar-refractivity contribution >= 4 is 5.91 Å². The molecule has 1 amide bonds. The number of carbonyl (C=O) groups excluding carboxylic acids is 1. The van der Waals surface area contributed by atoms with Crippen LogP contribution in [0.2, 0.25) is 0 Å². The lowest BCUT2D eigenvalue weighted by Crippen LogP contribution is -2.56. The van der Waals surface area contributed by atoms with Crippen LogP contribution in [0.3, 0.4) is 0 Å². The molecule has 0 aliphatic carbocycles. The smallest absolute Gasteiger partial charge is 0.289 e. The Morgan fingerprint density at radius 1 is 1.14 bits per heavy atom. The maximum Gasteiger partial charge on any atom is 0.289 e. The summed E-state index contributed by atoms with van der Waals surface area (Å²) in [6.45, 7) is 0.950. The van der Waals surface area contributed by atoms with Gasteiger partial charge in [-0.15, -0.1) is 0 Å². The van der Waals surface area contributed by atoms with E-state index in [2.05, 4.69) is 20.1 Å². The van der Waals surface area contributed by atoms with Crippen LogP contribution in [0, 0.1) is 0 Å².